The van der Waals surface area contributed by atoms with Crippen molar-refractivity contribution < 1.29 is 60.6 Å². The Morgan fingerprint density at radius 1 is 0.966 bits per heavy atom. The summed E-state index contributed by atoms with van der Waals surface area (Å²) in [6, 6.07) is 16.8. The first-order valence-electron chi connectivity index (χ1n) is 8.37. The molecule has 0 aliphatic heterocycles. The van der Waals surface area contributed by atoms with Gasteiger partial charge in [0.05, 0.1) is 23.2 Å². The van der Waals surface area contributed by atoms with E-state index in [-0.39, 0.29) is 68.0 Å². The van der Waals surface area contributed by atoms with E-state index in [0.717, 1.165) is 27.9 Å². The Morgan fingerprint density at radius 3 is 2.10 bits per heavy atom. The summed E-state index contributed by atoms with van der Waals surface area (Å²) in [5, 5.41) is 10.2. The summed E-state index contributed by atoms with van der Waals surface area (Å²) in [7, 11) is 0. The summed E-state index contributed by atoms with van der Waals surface area (Å²) >= 11 is 0. The van der Waals surface area contributed by atoms with E-state index >= 15 is 0 Å². The monoisotopic (exact) mass is 561 g/mol. The number of carbonyl (C=O) groups excluding carboxylic acids is 1. The molecular weight excluding hydrogens is 543 g/mol. The molecule has 3 aromatic rings. The van der Waals surface area contributed by atoms with Crippen molar-refractivity contribution in [1.82, 2.24) is 4.98 Å². The van der Waals surface area contributed by atoms with Gasteiger partial charge in [-0.05, 0) is 44.0 Å². The van der Waals surface area contributed by atoms with Gasteiger partial charge < -0.3 is 39.1 Å². The Kier molecular flexibility index (Phi) is 11.3. The molecule has 0 aliphatic rings. The number of hydrogen-bond acceptors (Lipinski definition) is 4. The van der Waals surface area contributed by atoms with Crippen molar-refractivity contribution in [3.8, 4) is 17.1 Å². The van der Waals surface area contributed by atoms with Crippen LogP contribution in [0.4, 0.5) is 5.69 Å². The molecule has 1 heterocycles. The van der Waals surface area contributed by atoms with Gasteiger partial charge in [-0.3, -0.25) is 9.79 Å². The quantitative estimate of drug-likeness (QED) is 0.327. The number of Topliss-reactive ketones (excluding diaryl/α,β-unsaturated/α-hetero) is 1. The third-order valence-corrected chi connectivity index (χ3v) is 4.16. The molecule has 0 atom stereocenters. The van der Waals surface area contributed by atoms with Crippen molar-refractivity contribution >= 4 is 17.7 Å². The predicted octanol–water partition coefficient (Wildman–Crippen LogP) is -1.03. The van der Waals surface area contributed by atoms with Crippen LogP contribution < -0.4 is 34.0 Å². The molecular formula is C22H20Br2CoN2O2. The minimum atomic E-state index is -0.381. The fourth-order valence-electron chi connectivity index (χ4n) is 2.98. The number of carbonyl (C=O) groups is 1. The zero-order valence-corrected chi connectivity index (χ0v) is 20.3. The fourth-order valence-corrected chi connectivity index (χ4v) is 2.98. The number of aryl methyl sites for hydroxylation is 3. The van der Waals surface area contributed by atoms with Crippen molar-refractivity contribution in [2.24, 2.45) is 4.99 Å². The Morgan fingerprint density at radius 2 is 1.55 bits per heavy atom. The van der Waals surface area contributed by atoms with Crippen LogP contribution in [0.25, 0.3) is 11.3 Å². The zero-order chi connectivity index (χ0) is 18.7. The minimum absolute atomic E-state index is 0. The van der Waals surface area contributed by atoms with Crippen LogP contribution in [-0.4, -0.2) is 22.1 Å². The molecule has 1 radical (unpaired) electrons. The molecule has 0 unspecified atom stereocenters. The maximum atomic E-state index is 12.4. The molecule has 1 N–H and O–H groups in total. The molecule has 0 amide bonds. The van der Waals surface area contributed by atoms with Crippen LogP contribution in [-0.2, 0) is 16.8 Å². The summed E-state index contributed by atoms with van der Waals surface area (Å²) in [4.78, 5) is 20.9. The second-order valence-corrected chi connectivity index (χ2v) is 6.30. The Bertz CT molecular complexity index is 986. The second kappa shape index (κ2) is 12.0. The smallest absolute Gasteiger partial charge is 1.00 e. The second-order valence-electron chi connectivity index (χ2n) is 6.30. The number of pyridine rings is 1. The zero-order valence-electron chi connectivity index (χ0n) is 16.1. The van der Waals surface area contributed by atoms with Crippen molar-refractivity contribution in [3.05, 3.63) is 76.9 Å². The van der Waals surface area contributed by atoms with E-state index in [9.17, 15) is 9.90 Å². The van der Waals surface area contributed by atoms with E-state index in [2.05, 4.69) is 9.98 Å². The van der Waals surface area contributed by atoms with Gasteiger partial charge in [0.25, 0.3) is 0 Å². The van der Waals surface area contributed by atoms with Crippen LogP contribution in [0.3, 0.4) is 0 Å². The first-order valence-corrected chi connectivity index (χ1v) is 8.37. The van der Waals surface area contributed by atoms with Gasteiger partial charge in [0, 0.05) is 5.56 Å². The molecule has 0 saturated heterocycles. The number of rotatable bonds is 4. The van der Waals surface area contributed by atoms with E-state index in [0.29, 0.717) is 5.69 Å². The largest absolute Gasteiger partial charge is 2.00 e. The summed E-state index contributed by atoms with van der Waals surface area (Å²) in [5.74, 6) is -0.672. The predicted molar refractivity (Wildman–Crippen MR) is 104 cm³/mol. The van der Waals surface area contributed by atoms with E-state index in [4.69, 9.17) is 0 Å². The van der Waals surface area contributed by atoms with Gasteiger partial charge in [0.2, 0.25) is 11.7 Å². The van der Waals surface area contributed by atoms with Gasteiger partial charge >= 0.3 is 16.8 Å². The number of aromatic nitrogens is 1. The number of ketones is 1. The number of halogens is 2. The first-order chi connectivity index (χ1) is 12.5. The minimum Gasteiger partial charge on any atom is -1.00 e. The maximum absolute atomic E-state index is 12.4. The third-order valence-electron chi connectivity index (χ3n) is 4.16. The van der Waals surface area contributed by atoms with E-state index in [1.54, 1.807) is 12.1 Å². The van der Waals surface area contributed by atoms with E-state index in [1.165, 1.54) is 6.21 Å². The molecule has 0 aliphatic carbocycles. The number of aliphatic imine (C=N–C) groups is 1. The number of aromatic hydroxyl groups is 1. The van der Waals surface area contributed by atoms with Crippen molar-refractivity contribution in [1.29, 1.82) is 0 Å². The average molecular weight is 563 g/mol. The van der Waals surface area contributed by atoms with Crippen molar-refractivity contribution in [2.45, 2.75) is 20.8 Å². The molecule has 3 rings (SSSR count). The standard InChI is InChI=1S/C22H20N2O2.2BrH.Co/c1-14-11-15(2)21(16(3)12-14)23-13-20(25)18-9-10-19(24-22(18)26)17-7-5-4-6-8-17;;;/h4-13H,1-3H3,(H,24,26);2*1H;/q;;;+2/p-2. The summed E-state index contributed by atoms with van der Waals surface area (Å²) in [5.41, 5.74) is 5.57. The average Bonchev–Trinajstić information content (AvgIpc) is 2.61. The van der Waals surface area contributed by atoms with Crippen LogP contribution in [0.15, 0.2) is 59.6 Å². The van der Waals surface area contributed by atoms with E-state index < -0.39 is 0 Å². The topological polar surface area (TPSA) is 62.5 Å². The molecule has 7 heteroatoms. The number of benzene rings is 2. The molecule has 4 nitrogen and oxygen atoms in total. The first kappa shape index (κ1) is 27.2. The molecule has 0 bridgehead atoms. The van der Waals surface area contributed by atoms with Crippen LogP contribution in [0.5, 0.6) is 5.88 Å². The van der Waals surface area contributed by atoms with Gasteiger partial charge in [-0.2, -0.15) is 0 Å². The van der Waals surface area contributed by atoms with Gasteiger partial charge in [0.15, 0.2) is 0 Å². The van der Waals surface area contributed by atoms with Crippen molar-refractivity contribution in [3.63, 3.8) is 0 Å². The Balaban J connectivity index is 0.00000261. The van der Waals surface area contributed by atoms with Crippen LogP contribution >= 0.6 is 0 Å². The maximum Gasteiger partial charge on any atom is 2.00 e. The molecule has 153 valence electrons. The SMILES string of the molecule is Cc1cc(C)c(N=CC(=O)c2ccc(-c3ccccc3)nc2O)c(C)c1.[Br-].[Br-].[Co+2]. The molecule has 1 aromatic heterocycles. The fraction of sp³-hybridized carbons (Fsp3) is 0.136. The number of hydrogen-bond donors (Lipinski definition) is 1. The molecule has 2 aromatic carbocycles. The normalized spacial score (nSPS) is 9.90. The van der Waals surface area contributed by atoms with Crippen LogP contribution in [0, 0.1) is 20.8 Å². The molecule has 0 saturated carbocycles. The van der Waals surface area contributed by atoms with Crippen LogP contribution in [0.1, 0.15) is 27.0 Å². The summed E-state index contributed by atoms with van der Waals surface area (Å²) in [6.45, 7) is 5.95. The van der Waals surface area contributed by atoms with Crippen LogP contribution in [0.2, 0.25) is 0 Å². The Labute approximate surface area is 202 Å². The Hall–Kier alpha value is -1.80. The van der Waals surface area contributed by atoms with Gasteiger partial charge in [-0.15, -0.1) is 0 Å². The van der Waals surface area contributed by atoms with Gasteiger partial charge in [-0.25, -0.2) is 4.98 Å². The molecule has 0 spiro atoms. The summed E-state index contributed by atoms with van der Waals surface area (Å²) < 4.78 is 0. The molecule has 0 fully saturated rings. The third kappa shape index (κ3) is 6.60. The molecule has 29 heavy (non-hydrogen) atoms. The van der Waals surface area contributed by atoms with E-state index in [1.807, 2.05) is 63.2 Å². The number of nitrogens with zero attached hydrogens (tertiary/aromatic N) is 2. The van der Waals surface area contributed by atoms with Crippen molar-refractivity contribution in [2.75, 3.05) is 0 Å². The van der Waals surface area contributed by atoms with Gasteiger partial charge in [-0.1, -0.05) is 48.0 Å². The summed E-state index contributed by atoms with van der Waals surface area (Å²) in [6.07, 6.45) is 1.24. The van der Waals surface area contributed by atoms with Gasteiger partial charge in [0.1, 0.15) is 0 Å².